The topological polar surface area (TPSA) is 90.0 Å². The van der Waals surface area contributed by atoms with Gasteiger partial charge in [0, 0.05) is 0 Å². The van der Waals surface area contributed by atoms with Gasteiger partial charge < -0.3 is 9.47 Å². The first kappa shape index (κ1) is 13.5. The zero-order valence-electron chi connectivity index (χ0n) is 11.1. The van der Waals surface area contributed by atoms with Gasteiger partial charge in [-0.25, -0.2) is 9.69 Å². The standard InChI is InChI=1S/C12H15NO6/c1-12(2,3)19-11(17)13-7-5(8(14)9(13)15)6(7)10(16)18-4/h5-7H,1-4H3/t5-,6-,7-/m0/s1. The van der Waals surface area contributed by atoms with E-state index in [9.17, 15) is 19.2 Å². The number of ketones is 1. The van der Waals surface area contributed by atoms with Crippen LogP contribution in [0.2, 0.25) is 0 Å². The summed E-state index contributed by atoms with van der Waals surface area (Å²) in [6.45, 7) is 4.94. The molecule has 0 bridgehead atoms. The van der Waals surface area contributed by atoms with Gasteiger partial charge in [0.15, 0.2) is 0 Å². The maximum atomic E-state index is 11.9. The smallest absolute Gasteiger partial charge is 0.417 e. The van der Waals surface area contributed by atoms with E-state index in [-0.39, 0.29) is 0 Å². The third-order valence-electron chi connectivity index (χ3n) is 3.08. The minimum atomic E-state index is -0.913. The first-order valence-corrected chi connectivity index (χ1v) is 5.87. The molecular formula is C12H15NO6. The zero-order valence-corrected chi connectivity index (χ0v) is 11.1. The molecule has 1 saturated carbocycles. The number of hydrogen-bond acceptors (Lipinski definition) is 6. The largest absolute Gasteiger partial charge is 0.469 e. The summed E-state index contributed by atoms with van der Waals surface area (Å²) in [6.07, 6.45) is -0.898. The van der Waals surface area contributed by atoms with Gasteiger partial charge in [0.1, 0.15) is 5.60 Å². The van der Waals surface area contributed by atoms with Gasteiger partial charge in [0.25, 0.3) is 5.91 Å². The molecular weight excluding hydrogens is 254 g/mol. The van der Waals surface area contributed by atoms with Crippen molar-refractivity contribution in [2.75, 3.05) is 7.11 Å². The Morgan fingerprint density at radius 2 is 1.79 bits per heavy atom. The molecule has 1 heterocycles. The number of carbonyl (C=O) groups excluding carboxylic acids is 4. The second kappa shape index (κ2) is 4.04. The maximum absolute atomic E-state index is 11.9. The molecule has 2 aliphatic rings. The van der Waals surface area contributed by atoms with E-state index < -0.39 is 47.2 Å². The van der Waals surface area contributed by atoms with Crippen LogP contribution in [0.15, 0.2) is 0 Å². The molecule has 1 saturated heterocycles. The number of piperidine rings is 1. The Balaban J connectivity index is 2.17. The highest BCUT2D eigenvalue weighted by Gasteiger charge is 2.72. The van der Waals surface area contributed by atoms with Crippen molar-refractivity contribution in [2.24, 2.45) is 11.8 Å². The van der Waals surface area contributed by atoms with E-state index in [1.165, 1.54) is 7.11 Å². The van der Waals surface area contributed by atoms with E-state index in [2.05, 4.69) is 4.74 Å². The van der Waals surface area contributed by atoms with Gasteiger partial charge in [-0.15, -0.1) is 0 Å². The number of Topliss-reactive ketones (excluding diaryl/α,β-unsaturated/α-hetero) is 1. The first-order chi connectivity index (χ1) is 8.69. The van der Waals surface area contributed by atoms with Crippen LogP contribution in [0.5, 0.6) is 0 Å². The van der Waals surface area contributed by atoms with Crippen LogP contribution in [-0.2, 0) is 23.9 Å². The minimum Gasteiger partial charge on any atom is -0.469 e. The molecule has 0 aromatic carbocycles. The van der Waals surface area contributed by atoms with Crippen molar-refractivity contribution in [3.63, 3.8) is 0 Å². The predicted molar refractivity (Wildman–Crippen MR) is 60.9 cm³/mol. The molecule has 7 nitrogen and oxygen atoms in total. The van der Waals surface area contributed by atoms with Crippen LogP contribution in [0.1, 0.15) is 20.8 Å². The van der Waals surface area contributed by atoms with Crippen LogP contribution in [0.4, 0.5) is 4.79 Å². The number of imide groups is 1. The molecule has 1 aliphatic heterocycles. The highest BCUT2D eigenvalue weighted by Crippen LogP contribution is 2.50. The number of amides is 2. The van der Waals surface area contributed by atoms with Gasteiger partial charge in [0.05, 0.1) is 25.0 Å². The zero-order chi connectivity index (χ0) is 14.5. The number of methoxy groups -OCH3 is 1. The Hall–Kier alpha value is -1.92. The molecule has 2 fully saturated rings. The average Bonchev–Trinajstić information content (AvgIpc) is 2.93. The van der Waals surface area contributed by atoms with Crippen molar-refractivity contribution < 1.29 is 28.7 Å². The highest BCUT2D eigenvalue weighted by atomic mass is 16.6. The van der Waals surface area contributed by atoms with Crippen molar-refractivity contribution in [1.29, 1.82) is 0 Å². The van der Waals surface area contributed by atoms with Crippen LogP contribution in [0.3, 0.4) is 0 Å². The number of ether oxygens (including phenoxy) is 2. The Morgan fingerprint density at radius 3 is 2.26 bits per heavy atom. The molecule has 0 radical (unpaired) electrons. The molecule has 3 atom stereocenters. The molecule has 7 heteroatoms. The third kappa shape index (κ3) is 2.09. The highest BCUT2D eigenvalue weighted by molar-refractivity contribution is 6.43. The van der Waals surface area contributed by atoms with Crippen LogP contribution in [0.25, 0.3) is 0 Å². The van der Waals surface area contributed by atoms with E-state index in [1.807, 2.05) is 0 Å². The van der Waals surface area contributed by atoms with Crippen molar-refractivity contribution in [3.8, 4) is 0 Å². The summed E-state index contributed by atoms with van der Waals surface area (Å²) in [5, 5.41) is 0. The van der Waals surface area contributed by atoms with Crippen molar-refractivity contribution in [1.82, 2.24) is 4.90 Å². The van der Waals surface area contributed by atoms with Gasteiger partial charge >= 0.3 is 12.1 Å². The summed E-state index contributed by atoms with van der Waals surface area (Å²) in [7, 11) is 1.19. The lowest BCUT2D eigenvalue weighted by Gasteiger charge is -2.24. The van der Waals surface area contributed by atoms with Gasteiger partial charge in [-0.2, -0.15) is 0 Å². The van der Waals surface area contributed by atoms with Crippen LogP contribution in [-0.4, -0.2) is 47.4 Å². The summed E-state index contributed by atoms with van der Waals surface area (Å²) in [5.74, 6) is -3.75. The Bertz CT molecular complexity index is 477. The molecule has 19 heavy (non-hydrogen) atoms. The quantitative estimate of drug-likeness (QED) is 0.496. The maximum Gasteiger partial charge on any atom is 0.417 e. The molecule has 2 rings (SSSR count). The van der Waals surface area contributed by atoms with Gasteiger partial charge in [-0.05, 0) is 20.8 Å². The Kier molecular flexibility index (Phi) is 2.87. The number of esters is 1. The number of carbonyl (C=O) groups is 4. The first-order valence-electron chi connectivity index (χ1n) is 5.87. The van der Waals surface area contributed by atoms with E-state index >= 15 is 0 Å². The average molecular weight is 269 g/mol. The van der Waals surface area contributed by atoms with Crippen molar-refractivity contribution in [2.45, 2.75) is 32.4 Å². The molecule has 104 valence electrons. The lowest BCUT2D eigenvalue weighted by molar-refractivity contribution is -0.147. The molecule has 0 N–H and O–H groups in total. The fraction of sp³-hybridized carbons (Fsp3) is 0.667. The van der Waals surface area contributed by atoms with Crippen molar-refractivity contribution >= 4 is 23.8 Å². The summed E-state index contributed by atoms with van der Waals surface area (Å²) < 4.78 is 9.60. The molecule has 0 spiro atoms. The minimum absolute atomic E-state index is 0.593. The van der Waals surface area contributed by atoms with Gasteiger partial charge in [0.2, 0.25) is 5.78 Å². The second-order valence-electron chi connectivity index (χ2n) is 5.59. The fourth-order valence-electron chi connectivity index (χ4n) is 2.27. The third-order valence-corrected chi connectivity index (χ3v) is 3.08. The molecule has 1 aliphatic carbocycles. The molecule has 0 aromatic heterocycles. The summed E-state index contributed by atoms with van der Waals surface area (Å²) in [6, 6.07) is -0.748. The van der Waals surface area contributed by atoms with E-state index in [4.69, 9.17) is 4.74 Å². The second-order valence-corrected chi connectivity index (χ2v) is 5.59. The van der Waals surface area contributed by atoms with E-state index in [0.29, 0.717) is 0 Å². The van der Waals surface area contributed by atoms with Crippen LogP contribution in [0, 0.1) is 11.8 Å². The fourth-order valence-corrected chi connectivity index (χ4v) is 2.27. The molecule has 0 aromatic rings. The number of fused-ring (bicyclic) bond motifs is 1. The van der Waals surface area contributed by atoms with E-state index in [0.717, 1.165) is 4.90 Å². The van der Waals surface area contributed by atoms with E-state index in [1.54, 1.807) is 20.8 Å². The SMILES string of the molecule is COC(=O)[C@H]1[C@@H]2C(=O)C(=O)N(C(=O)OC(C)(C)C)[C@H]12. The van der Waals surface area contributed by atoms with Crippen molar-refractivity contribution in [3.05, 3.63) is 0 Å². The summed E-state index contributed by atoms with van der Waals surface area (Å²) in [4.78, 5) is 47.4. The Labute approximate surface area is 109 Å². The summed E-state index contributed by atoms with van der Waals surface area (Å²) in [5.41, 5.74) is -0.784. The van der Waals surface area contributed by atoms with Crippen LogP contribution < -0.4 is 0 Å². The predicted octanol–water partition coefficient (Wildman–Crippen LogP) is 0.120. The number of hydrogen-bond donors (Lipinski definition) is 0. The number of nitrogens with zero attached hydrogens (tertiary/aromatic N) is 1. The lowest BCUT2D eigenvalue weighted by atomic mass is 10.2. The lowest BCUT2D eigenvalue weighted by Crippen LogP contribution is -2.43. The molecule has 0 unspecified atom stereocenters. The molecule has 2 amide bonds. The number of rotatable bonds is 1. The monoisotopic (exact) mass is 269 g/mol. The Morgan fingerprint density at radius 1 is 1.21 bits per heavy atom. The number of likely N-dealkylation sites (tertiary alicyclic amines) is 1. The van der Waals surface area contributed by atoms with Crippen LogP contribution >= 0.6 is 0 Å². The van der Waals surface area contributed by atoms with Gasteiger partial charge in [-0.3, -0.25) is 14.4 Å². The normalized spacial score (nSPS) is 29.1. The van der Waals surface area contributed by atoms with Gasteiger partial charge in [-0.1, -0.05) is 0 Å². The summed E-state index contributed by atoms with van der Waals surface area (Å²) >= 11 is 0.